The molecule has 6 nitrogen and oxygen atoms in total. The standard InChI is InChI=1S/C16H22FN3O3S/c17-15-7-2-1-6-14(15)12-19-10-5-11-20(24(19,22)23)13-16(21)18-8-3-4-9-18/h1-2,6-7H,3-5,8-13H2. The molecular formula is C16H22FN3O3S. The van der Waals surface area contributed by atoms with E-state index in [1.54, 1.807) is 23.1 Å². The quantitative estimate of drug-likeness (QED) is 0.815. The molecule has 0 bridgehead atoms. The van der Waals surface area contributed by atoms with Crippen LogP contribution in [0.2, 0.25) is 0 Å². The lowest BCUT2D eigenvalue weighted by atomic mass is 10.2. The van der Waals surface area contributed by atoms with Gasteiger partial charge in [0.15, 0.2) is 0 Å². The molecule has 0 unspecified atom stereocenters. The van der Waals surface area contributed by atoms with Crippen LogP contribution in [0.25, 0.3) is 0 Å². The molecule has 0 spiro atoms. The molecule has 0 N–H and O–H groups in total. The first-order valence-corrected chi connectivity index (χ1v) is 9.64. The molecule has 132 valence electrons. The first-order chi connectivity index (χ1) is 11.5. The molecule has 2 fully saturated rings. The fourth-order valence-corrected chi connectivity index (χ4v) is 4.79. The third-order valence-corrected chi connectivity index (χ3v) is 6.47. The van der Waals surface area contributed by atoms with Crippen molar-refractivity contribution in [3.05, 3.63) is 35.6 Å². The van der Waals surface area contributed by atoms with E-state index in [-0.39, 0.29) is 19.0 Å². The predicted molar refractivity (Wildman–Crippen MR) is 87.7 cm³/mol. The van der Waals surface area contributed by atoms with E-state index in [4.69, 9.17) is 0 Å². The molecule has 1 amide bonds. The number of benzene rings is 1. The minimum atomic E-state index is -3.75. The van der Waals surface area contributed by atoms with Gasteiger partial charge in [-0.2, -0.15) is 17.0 Å². The first kappa shape index (κ1) is 17.3. The van der Waals surface area contributed by atoms with Crippen molar-refractivity contribution in [1.82, 2.24) is 13.5 Å². The Kier molecular flexibility index (Phi) is 5.17. The lowest BCUT2D eigenvalue weighted by Crippen LogP contribution is -2.52. The van der Waals surface area contributed by atoms with E-state index in [2.05, 4.69) is 0 Å². The second-order valence-electron chi connectivity index (χ2n) is 6.21. The van der Waals surface area contributed by atoms with Crippen molar-refractivity contribution < 1.29 is 17.6 Å². The summed E-state index contributed by atoms with van der Waals surface area (Å²) in [5.74, 6) is -0.568. The Morgan fingerprint density at radius 3 is 2.38 bits per heavy atom. The Labute approximate surface area is 142 Å². The summed E-state index contributed by atoms with van der Waals surface area (Å²) >= 11 is 0. The van der Waals surface area contributed by atoms with Gasteiger partial charge in [0, 0.05) is 38.3 Å². The summed E-state index contributed by atoms with van der Waals surface area (Å²) < 4.78 is 41.8. The Balaban J connectivity index is 1.71. The van der Waals surface area contributed by atoms with Crippen LogP contribution < -0.4 is 0 Å². The average molecular weight is 355 g/mol. The predicted octanol–water partition coefficient (Wildman–Crippen LogP) is 1.20. The summed E-state index contributed by atoms with van der Waals surface area (Å²) in [5, 5.41) is 0. The molecule has 24 heavy (non-hydrogen) atoms. The molecule has 0 aromatic heterocycles. The zero-order valence-corrected chi connectivity index (χ0v) is 14.3. The van der Waals surface area contributed by atoms with Crippen LogP contribution in [0.3, 0.4) is 0 Å². The highest BCUT2D eigenvalue weighted by atomic mass is 32.2. The van der Waals surface area contributed by atoms with Crippen molar-refractivity contribution in [2.75, 3.05) is 32.7 Å². The van der Waals surface area contributed by atoms with E-state index >= 15 is 0 Å². The molecule has 0 aliphatic carbocycles. The molecule has 8 heteroatoms. The van der Waals surface area contributed by atoms with E-state index in [1.165, 1.54) is 14.7 Å². The zero-order valence-electron chi connectivity index (χ0n) is 13.5. The van der Waals surface area contributed by atoms with Gasteiger partial charge in [0.2, 0.25) is 5.91 Å². The zero-order chi connectivity index (χ0) is 17.2. The molecule has 0 saturated carbocycles. The summed E-state index contributed by atoms with van der Waals surface area (Å²) in [4.78, 5) is 14.0. The molecule has 0 atom stereocenters. The number of hydrogen-bond acceptors (Lipinski definition) is 3. The molecular weight excluding hydrogens is 333 g/mol. The molecule has 2 heterocycles. The van der Waals surface area contributed by atoms with Crippen LogP contribution in [-0.2, 0) is 21.5 Å². The van der Waals surface area contributed by atoms with E-state index in [0.717, 1.165) is 12.8 Å². The van der Waals surface area contributed by atoms with Gasteiger partial charge >= 0.3 is 0 Å². The molecule has 3 rings (SSSR count). The largest absolute Gasteiger partial charge is 0.342 e. The number of rotatable bonds is 4. The second kappa shape index (κ2) is 7.16. The second-order valence-corrected chi connectivity index (χ2v) is 8.14. The van der Waals surface area contributed by atoms with Gasteiger partial charge in [-0.1, -0.05) is 18.2 Å². The van der Waals surface area contributed by atoms with Gasteiger partial charge in [0.25, 0.3) is 10.2 Å². The highest BCUT2D eigenvalue weighted by molar-refractivity contribution is 7.86. The van der Waals surface area contributed by atoms with Crippen LogP contribution in [0.15, 0.2) is 24.3 Å². The van der Waals surface area contributed by atoms with Gasteiger partial charge in [0.05, 0.1) is 6.54 Å². The number of likely N-dealkylation sites (tertiary alicyclic amines) is 1. The van der Waals surface area contributed by atoms with Crippen molar-refractivity contribution in [2.45, 2.75) is 25.8 Å². The molecule has 2 saturated heterocycles. The molecule has 1 aromatic rings. The van der Waals surface area contributed by atoms with E-state index in [1.807, 2.05) is 0 Å². The number of amides is 1. The van der Waals surface area contributed by atoms with E-state index in [9.17, 15) is 17.6 Å². The van der Waals surface area contributed by atoms with Crippen LogP contribution >= 0.6 is 0 Å². The minimum absolute atomic E-state index is 0.0105. The van der Waals surface area contributed by atoms with Gasteiger partial charge in [-0.25, -0.2) is 4.39 Å². The van der Waals surface area contributed by atoms with Crippen molar-refractivity contribution >= 4 is 16.1 Å². The van der Waals surface area contributed by atoms with Crippen molar-refractivity contribution in [3.8, 4) is 0 Å². The minimum Gasteiger partial charge on any atom is -0.342 e. The fraction of sp³-hybridized carbons (Fsp3) is 0.562. The van der Waals surface area contributed by atoms with Crippen molar-refractivity contribution in [3.63, 3.8) is 0 Å². The first-order valence-electron chi connectivity index (χ1n) is 8.25. The van der Waals surface area contributed by atoms with Crippen molar-refractivity contribution in [1.29, 1.82) is 0 Å². The van der Waals surface area contributed by atoms with Gasteiger partial charge in [0.1, 0.15) is 5.82 Å². The van der Waals surface area contributed by atoms with Crippen LogP contribution in [0.1, 0.15) is 24.8 Å². The van der Waals surface area contributed by atoms with E-state index in [0.29, 0.717) is 38.2 Å². The van der Waals surface area contributed by atoms with Gasteiger partial charge in [-0.3, -0.25) is 4.79 Å². The van der Waals surface area contributed by atoms with Gasteiger partial charge < -0.3 is 4.90 Å². The Bertz CT molecular complexity index is 704. The number of nitrogens with zero attached hydrogens (tertiary/aromatic N) is 3. The summed E-state index contributed by atoms with van der Waals surface area (Å²) in [6, 6.07) is 6.16. The van der Waals surface area contributed by atoms with Gasteiger partial charge in [-0.05, 0) is 25.3 Å². The molecule has 0 radical (unpaired) electrons. The Morgan fingerprint density at radius 1 is 1.00 bits per heavy atom. The number of hydrogen-bond donors (Lipinski definition) is 0. The summed E-state index contributed by atoms with van der Waals surface area (Å²) in [7, 11) is -3.75. The number of carbonyl (C=O) groups excluding carboxylic acids is 1. The Morgan fingerprint density at radius 2 is 1.67 bits per heavy atom. The summed E-state index contributed by atoms with van der Waals surface area (Å²) in [5.41, 5.74) is 0.341. The van der Waals surface area contributed by atoms with Crippen LogP contribution in [0.4, 0.5) is 4.39 Å². The highest BCUT2D eigenvalue weighted by Crippen LogP contribution is 2.21. The third kappa shape index (κ3) is 3.60. The lowest BCUT2D eigenvalue weighted by molar-refractivity contribution is -0.130. The maximum absolute atomic E-state index is 13.8. The average Bonchev–Trinajstić information content (AvgIpc) is 3.08. The topological polar surface area (TPSA) is 60.9 Å². The lowest BCUT2D eigenvalue weighted by Gasteiger charge is -2.35. The van der Waals surface area contributed by atoms with Crippen LogP contribution in [0.5, 0.6) is 0 Å². The monoisotopic (exact) mass is 355 g/mol. The number of halogens is 1. The smallest absolute Gasteiger partial charge is 0.282 e. The Hall–Kier alpha value is -1.51. The molecule has 2 aliphatic rings. The normalized spacial score (nSPS) is 22.0. The SMILES string of the molecule is O=C(CN1CCCN(Cc2ccccc2F)S1(=O)=O)N1CCCC1. The number of carbonyl (C=O) groups is 1. The maximum atomic E-state index is 13.8. The van der Waals surface area contributed by atoms with Gasteiger partial charge in [-0.15, -0.1) is 0 Å². The van der Waals surface area contributed by atoms with E-state index < -0.39 is 16.0 Å². The molecule has 1 aromatic carbocycles. The van der Waals surface area contributed by atoms with Crippen LogP contribution in [-0.4, -0.2) is 60.6 Å². The van der Waals surface area contributed by atoms with Crippen LogP contribution in [0, 0.1) is 5.82 Å². The summed E-state index contributed by atoms with van der Waals surface area (Å²) in [6.07, 6.45) is 2.57. The molecule has 2 aliphatic heterocycles. The fourth-order valence-electron chi connectivity index (χ4n) is 3.17. The van der Waals surface area contributed by atoms with Crippen molar-refractivity contribution in [2.24, 2.45) is 0 Å². The third-order valence-electron chi connectivity index (χ3n) is 4.54. The highest BCUT2D eigenvalue weighted by Gasteiger charge is 2.36. The maximum Gasteiger partial charge on any atom is 0.282 e. The summed E-state index contributed by atoms with van der Waals surface area (Å²) in [6.45, 7) is 1.93.